The van der Waals surface area contributed by atoms with Gasteiger partial charge in [0.25, 0.3) is 0 Å². The molecule has 6 N–H and O–H groups in total. The van der Waals surface area contributed by atoms with Gasteiger partial charge in [0.2, 0.25) is 5.91 Å². The number of aromatic hydroxyl groups is 1. The zero-order valence-corrected chi connectivity index (χ0v) is 19.1. The average Bonchev–Trinajstić information content (AvgIpc) is 2.85. The quantitative estimate of drug-likeness (QED) is 0.261. The second kappa shape index (κ2) is 10.9. The van der Waals surface area contributed by atoms with E-state index in [0.29, 0.717) is 18.0 Å². The zero-order chi connectivity index (χ0) is 23.9. The first kappa shape index (κ1) is 23.3. The summed E-state index contributed by atoms with van der Waals surface area (Å²) >= 11 is 0. The monoisotopic (exact) mass is 457 g/mol. The highest BCUT2D eigenvalue weighted by Gasteiger charge is 2.16. The highest BCUT2D eigenvalue weighted by molar-refractivity contribution is 5.97. The molecule has 34 heavy (non-hydrogen) atoms. The molecule has 1 amide bonds. The Bertz CT molecular complexity index is 1140. The number of anilines is 2. The van der Waals surface area contributed by atoms with Crippen molar-refractivity contribution in [3.05, 3.63) is 89.5 Å². The summed E-state index contributed by atoms with van der Waals surface area (Å²) in [7, 11) is 0. The third-order valence-corrected chi connectivity index (χ3v) is 6.15. The fraction of sp³-hybridized carbons (Fsp3) is 0.259. The van der Waals surface area contributed by atoms with Crippen LogP contribution in [-0.4, -0.2) is 36.5 Å². The van der Waals surface area contributed by atoms with Crippen molar-refractivity contribution in [1.82, 2.24) is 5.32 Å². The molecule has 7 nitrogen and oxygen atoms in total. The number of piperidine rings is 1. The van der Waals surface area contributed by atoms with Crippen LogP contribution >= 0.6 is 0 Å². The van der Waals surface area contributed by atoms with Crippen LogP contribution in [0.25, 0.3) is 0 Å². The standard InChI is InChI=1S/C27H31N5O2/c28-27(29)22-4-2-5-24(16-22)32(17-19-3-1-6-25(33)15-19)18-26(34)31-23-9-7-20(8-10-23)21-11-13-30-14-12-21/h1-10,15-16,21,30,33H,11-14,17-18H2,(H3,28,29)(H,31,34). The molecule has 4 rings (SSSR count). The number of hydrogen-bond donors (Lipinski definition) is 5. The predicted octanol–water partition coefficient (Wildman–Crippen LogP) is 3.79. The summed E-state index contributed by atoms with van der Waals surface area (Å²) in [5.74, 6) is 0.561. The fourth-order valence-electron chi connectivity index (χ4n) is 4.35. The fourth-order valence-corrected chi connectivity index (χ4v) is 4.35. The molecule has 0 atom stereocenters. The highest BCUT2D eigenvalue weighted by atomic mass is 16.3. The molecule has 0 bridgehead atoms. The van der Waals surface area contributed by atoms with Crippen LogP contribution < -0.4 is 21.3 Å². The smallest absolute Gasteiger partial charge is 0.243 e. The van der Waals surface area contributed by atoms with E-state index < -0.39 is 0 Å². The minimum Gasteiger partial charge on any atom is -0.508 e. The second-order valence-electron chi connectivity index (χ2n) is 8.68. The van der Waals surface area contributed by atoms with Crippen molar-refractivity contribution in [3.8, 4) is 5.75 Å². The highest BCUT2D eigenvalue weighted by Crippen LogP contribution is 2.26. The number of nitrogens with two attached hydrogens (primary N) is 1. The molecule has 1 fully saturated rings. The van der Waals surface area contributed by atoms with Crippen molar-refractivity contribution in [2.45, 2.75) is 25.3 Å². The van der Waals surface area contributed by atoms with Crippen molar-refractivity contribution >= 4 is 23.1 Å². The summed E-state index contributed by atoms with van der Waals surface area (Å²) < 4.78 is 0. The molecule has 1 saturated heterocycles. The summed E-state index contributed by atoms with van der Waals surface area (Å²) in [6, 6.07) is 22.4. The summed E-state index contributed by atoms with van der Waals surface area (Å²) in [6.45, 7) is 2.61. The van der Waals surface area contributed by atoms with Gasteiger partial charge in [0.05, 0.1) is 6.54 Å². The van der Waals surface area contributed by atoms with E-state index in [1.54, 1.807) is 30.3 Å². The van der Waals surface area contributed by atoms with Gasteiger partial charge in [0.1, 0.15) is 11.6 Å². The van der Waals surface area contributed by atoms with Crippen LogP contribution in [0.3, 0.4) is 0 Å². The van der Waals surface area contributed by atoms with E-state index in [2.05, 4.69) is 22.8 Å². The summed E-state index contributed by atoms with van der Waals surface area (Å²) in [6.07, 6.45) is 2.27. The largest absolute Gasteiger partial charge is 0.508 e. The zero-order valence-electron chi connectivity index (χ0n) is 19.1. The van der Waals surface area contributed by atoms with Gasteiger partial charge in [-0.05, 0) is 79.4 Å². The number of nitrogens with zero attached hydrogens (tertiary/aromatic N) is 1. The maximum atomic E-state index is 13.0. The van der Waals surface area contributed by atoms with E-state index in [1.807, 2.05) is 35.2 Å². The van der Waals surface area contributed by atoms with Gasteiger partial charge in [0.15, 0.2) is 0 Å². The minimum absolute atomic E-state index is 0.0301. The molecule has 176 valence electrons. The number of amides is 1. The Kier molecular flexibility index (Phi) is 7.44. The van der Waals surface area contributed by atoms with Gasteiger partial charge in [-0.1, -0.05) is 36.4 Å². The first-order chi connectivity index (χ1) is 16.5. The van der Waals surface area contributed by atoms with Gasteiger partial charge in [-0.15, -0.1) is 0 Å². The van der Waals surface area contributed by atoms with E-state index >= 15 is 0 Å². The van der Waals surface area contributed by atoms with E-state index in [-0.39, 0.29) is 24.0 Å². The van der Waals surface area contributed by atoms with Crippen LogP contribution in [-0.2, 0) is 11.3 Å². The number of carbonyl (C=O) groups excluding carboxylic acids is 1. The maximum absolute atomic E-state index is 13.0. The molecule has 7 heteroatoms. The van der Waals surface area contributed by atoms with Crippen molar-refractivity contribution in [2.75, 3.05) is 29.9 Å². The number of rotatable bonds is 8. The Morgan fingerprint density at radius 2 is 1.79 bits per heavy atom. The topological polar surface area (TPSA) is 114 Å². The Morgan fingerprint density at radius 3 is 2.50 bits per heavy atom. The first-order valence-corrected chi connectivity index (χ1v) is 11.6. The number of nitrogen functional groups attached to an aromatic ring is 1. The molecule has 0 unspecified atom stereocenters. The van der Waals surface area contributed by atoms with Crippen LogP contribution in [0.15, 0.2) is 72.8 Å². The third-order valence-electron chi connectivity index (χ3n) is 6.15. The molecule has 0 aromatic heterocycles. The van der Waals surface area contributed by atoms with E-state index in [1.165, 1.54) is 5.56 Å². The van der Waals surface area contributed by atoms with Crippen LogP contribution in [0.2, 0.25) is 0 Å². The SMILES string of the molecule is N=C(N)c1cccc(N(CC(=O)Nc2ccc(C3CCNCC3)cc2)Cc2cccc(O)c2)c1. The average molecular weight is 458 g/mol. The van der Waals surface area contributed by atoms with Gasteiger partial charge in [-0.2, -0.15) is 0 Å². The van der Waals surface area contributed by atoms with Crippen LogP contribution in [0.1, 0.15) is 35.4 Å². The molecule has 0 spiro atoms. The van der Waals surface area contributed by atoms with Gasteiger partial charge in [-0.3, -0.25) is 10.2 Å². The Balaban J connectivity index is 1.48. The molecule has 3 aromatic carbocycles. The molecular formula is C27H31N5O2. The normalized spacial score (nSPS) is 13.9. The first-order valence-electron chi connectivity index (χ1n) is 11.6. The van der Waals surface area contributed by atoms with Crippen LogP contribution in [0.5, 0.6) is 5.75 Å². The molecular weight excluding hydrogens is 426 g/mol. The molecule has 0 radical (unpaired) electrons. The van der Waals surface area contributed by atoms with Crippen molar-refractivity contribution in [2.24, 2.45) is 5.73 Å². The van der Waals surface area contributed by atoms with Crippen LogP contribution in [0, 0.1) is 5.41 Å². The Hall–Kier alpha value is -3.84. The van der Waals surface area contributed by atoms with Gasteiger partial charge in [-0.25, -0.2) is 0 Å². The van der Waals surface area contributed by atoms with Crippen LogP contribution in [0.4, 0.5) is 11.4 Å². The lowest BCUT2D eigenvalue weighted by Crippen LogP contribution is -2.33. The minimum atomic E-state index is -0.150. The number of amidine groups is 1. The number of phenolic OH excluding ortho intramolecular Hbond substituents is 1. The molecule has 0 aliphatic carbocycles. The summed E-state index contributed by atoms with van der Waals surface area (Å²) in [4.78, 5) is 14.9. The molecule has 1 heterocycles. The number of phenols is 1. The lowest BCUT2D eigenvalue weighted by molar-refractivity contribution is -0.115. The third kappa shape index (κ3) is 6.14. The van der Waals surface area contributed by atoms with Crippen molar-refractivity contribution in [1.29, 1.82) is 5.41 Å². The van der Waals surface area contributed by atoms with E-state index in [9.17, 15) is 9.90 Å². The van der Waals surface area contributed by atoms with E-state index in [4.69, 9.17) is 11.1 Å². The molecule has 1 aliphatic heterocycles. The van der Waals surface area contributed by atoms with Gasteiger partial charge < -0.3 is 26.4 Å². The molecule has 1 aliphatic rings. The predicted molar refractivity (Wildman–Crippen MR) is 137 cm³/mol. The van der Waals surface area contributed by atoms with Gasteiger partial charge in [0, 0.05) is 23.5 Å². The maximum Gasteiger partial charge on any atom is 0.243 e. The lowest BCUT2D eigenvalue weighted by Gasteiger charge is -2.25. The van der Waals surface area contributed by atoms with Crippen molar-refractivity contribution in [3.63, 3.8) is 0 Å². The number of hydrogen-bond acceptors (Lipinski definition) is 5. The summed E-state index contributed by atoms with van der Waals surface area (Å²) in [5.41, 5.74) is 9.98. The summed E-state index contributed by atoms with van der Waals surface area (Å²) in [5, 5.41) is 24.0. The number of carbonyl (C=O) groups is 1. The Morgan fingerprint density at radius 1 is 1.06 bits per heavy atom. The number of benzene rings is 3. The van der Waals surface area contributed by atoms with Gasteiger partial charge >= 0.3 is 0 Å². The molecule has 3 aromatic rings. The molecule has 0 saturated carbocycles. The second-order valence-corrected chi connectivity index (χ2v) is 8.68. The van der Waals surface area contributed by atoms with Crippen molar-refractivity contribution < 1.29 is 9.90 Å². The lowest BCUT2D eigenvalue weighted by atomic mass is 9.90. The van der Waals surface area contributed by atoms with E-state index in [0.717, 1.165) is 42.9 Å². The Labute approximate surface area is 200 Å². The number of nitrogens with one attached hydrogen (secondary N) is 3.